The fraction of sp³-hybridized carbons (Fsp3) is 0.417. The van der Waals surface area contributed by atoms with Crippen molar-refractivity contribution in [2.24, 2.45) is 0 Å². The first kappa shape index (κ1) is 11.1. The Labute approximate surface area is 93.3 Å². The Morgan fingerprint density at radius 2 is 2.00 bits per heavy atom. The van der Waals surface area contributed by atoms with Crippen LogP contribution in [0.25, 0.3) is 0 Å². The van der Waals surface area contributed by atoms with Gasteiger partial charge in [0.2, 0.25) is 0 Å². The van der Waals surface area contributed by atoms with Gasteiger partial charge in [0.25, 0.3) is 0 Å². The van der Waals surface area contributed by atoms with Crippen LogP contribution in [-0.2, 0) is 0 Å². The number of carboxylic acids is 1. The SMILES string of the molecule is O=C(O)c1cc(F)cc(C2CCNCC2)c1. The van der Waals surface area contributed by atoms with E-state index >= 15 is 0 Å². The number of carbonyl (C=O) groups is 1. The minimum Gasteiger partial charge on any atom is -0.478 e. The van der Waals surface area contributed by atoms with E-state index < -0.39 is 11.8 Å². The van der Waals surface area contributed by atoms with E-state index in [0.29, 0.717) is 0 Å². The maximum atomic E-state index is 13.3. The number of carboxylic acid groups (broad SMARTS) is 1. The summed E-state index contributed by atoms with van der Waals surface area (Å²) in [6.45, 7) is 1.81. The molecule has 86 valence electrons. The molecule has 2 N–H and O–H groups in total. The van der Waals surface area contributed by atoms with Crippen LogP contribution in [0.5, 0.6) is 0 Å². The van der Waals surface area contributed by atoms with Crippen molar-refractivity contribution in [3.05, 3.63) is 35.1 Å². The van der Waals surface area contributed by atoms with Crippen molar-refractivity contribution in [2.75, 3.05) is 13.1 Å². The van der Waals surface area contributed by atoms with Crippen molar-refractivity contribution in [2.45, 2.75) is 18.8 Å². The molecule has 3 nitrogen and oxygen atoms in total. The lowest BCUT2D eigenvalue weighted by molar-refractivity contribution is 0.0696. The van der Waals surface area contributed by atoms with E-state index in [1.807, 2.05) is 0 Å². The molecule has 16 heavy (non-hydrogen) atoms. The molecule has 1 aromatic carbocycles. The van der Waals surface area contributed by atoms with Crippen LogP contribution >= 0.6 is 0 Å². The Morgan fingerprint density at radius 1 is 1.31 bits per heavy atom. The topological polar surface area (TPSA) is 49.3 Å². The quantitative estimate of drug-likeness (QED) is 0.806. The molecule has 0 amide bonds. The summed E-state index contributed by atoms with van der Waals surface area (Å²) < 4.78 is 13.3. The van der Waals surface area contributed by atoms with Crippen molar-refractivity contribution >= 4 is 5.97 Å². The number of aromatic carboxylic acids is 1. The number of nitrogens with one attached hydrogen (secondary N) is 1. The second-order valence-corrected chi connectivity index (χ2v) is 4.10. The summed E-state index contributed by atoms with van der Waals surface area (Å²) in [5.74, 6) is -1.27. The third-order valence-corrected chi connectivity index (χ3v) is 2.98. The molecule has 0 radical (unpaired) electrons. The largest absolute Gasteiger partial charge is 0.478 e. The fourth-order valence-corrected chi connectivity index (χ4v) is 2.13. The van der Waals surface area contributed by atoms with Gasteiger partial charge in [0.15, 0.2) is 0 Å². The first-order chi connectivity index (χ1) is 7.66. The predicted octanol–water partition coefficient (Wildman–Crippen LogP) is 1.99. The van der Waals surface area contributed by atoms with Gasteiger partial charge < -0.3 is 10.4 Å². The maximum absolute atomic E-state index is 13.3. The molecule has 1 aliphatic rings. The highest BCUT2D eigenvalue weighted by molar-refractivity contribution is 5.87. The minimum atomic E-state index is -1.07. The summed E-state index contributed by atoms with van der Waals surface area (Å²) in [6.07, 6.45) is 1.87. The Balaban J connectivity index is 2.28. The van der Waals surface area contributed by atoms with Gasteiger partial charge >= 0.3 is 5.97 Å². The number of hydrogen-bond acceptors (Lipinski definition) is 2. The van der Waals surface area contributed by atoms with Crippen LogP contribution < -0.4 is 5.32 Å². The maximum Gasteiger partial charge on any atom is 0.335 e. The van der Waals surface area contributed by atoms with E-state index in [4.69, 9.17) is 5.11 Å². The van der Waals surface area contributed by atoms with Crippen molar-refractivity contribution in [3.8, 4) is 0 Å². The minimum absolute atomic E-state index is 0.0357. The normalized spacial score (nSPS) is 17.3. The van der Waals surface area contributed by atoms with E-state index in [1.165, 1.54) is 6.07 Å². The van der Waals surface area contributed by atoms with Gasteiger partial charge in [-0.15, -0.1) is 0 Å². The second kappa shape index (κ2) is 4.61. The summed E-state index contributed by atoms with van der Waals surface area (Å²) >= 11 is 0. The lowest BCUT2D eigenvalue weighted by Crippen LogP contribution is -2.26. The van der Waals surface area contributed by atoms with Crippen molar-refractivity contribution in [3.63, 3.8) is 0 Å². The lowest BCUT2D eigenvalue weighted by Gasteiger charge is -2.23. The summed E-state index contributed by atoms with van der Waals surface area (Å²) in [5.41, 5.74) is 0.840. The molecule has 4 heteroatoms. The van der Waals surface area contributed by atoms with E-state index in [1.54, 1.807) is 6.07 Å². The average molecular weight is 223 g/mol. The van der Waals surface area contributed by atoms with E-state index in [9.17, 15) is 9.18 Å². The highest BCUT2D eigenvalue weighted by atomic mass is 19.1. The number of benzene rings is 1. The predicted molar refractivity (Wildman–Crippen MR) is 58.2 cm³/mol. The molecule has 1 saturated heterocycles. The zero-order valence-corrected chi connectivity index (χ0v) is 8.87. The van der Waals surface area contributed by atoms with Gasteiger partial charge in [-0.1, -0.05) is 0 Å². The van der Waals surface area contributed by atoms with Gasteiger partial charge in [-0.05, 0) is 55.6 Å². The van der Waals surface area contributed by atoms with Gasteiger partial charge in [-0.2, -0.15) is 0 Å². The molecule has 0 bridgehead atoms. The molecule has 0 aromatic heterocycles. The lowest BCUT2D eigenvalue weighted by atomic mass is 9.89. The highest BCUT2D eigenvalue weighted by Gasteiger charge is 2.17. The highest BCUT2D eigenvalue weighted by Crippen LogP contribution is 2.26. The van der Waals surface area contributed by atoms with Gasteiger partial charge in [-0.3, -0.25) is 0 Å². The average Bonchev–Trinajstić information content (AvgIpc) is 2.29. The Kier molecular flexibility index (Phi) is 3.19. The molecule has 1 aromatic rings. The van der Waals surface area contributed by atoms with Gasteiger partial charge in [0, 0.05) is 0 Å². The van der Waals surface area contributed by atoms with Gasteiger partial charge in [-0.25, -0.2) is 9.18 Å². The fourth-order valence-electron chi connectivity index (χ4n) is 2.13. The standard InChI is InChI=1S/C12H14FNO2/c13-11-6-9(5-10(7-11)12(15)16)8-1-3-14-4-2-8/h5-8,14H,1-4H2,(H,15,16). The number of halogens is 1. The van der Waals surface area contributed by atoms with Crippen LogP contribution in [0.1, 0.15) is 34.7 Å². The van der Waals surface area contributed by atoms with Crippen molar-refractivity contribution < 1.29 is 14.3 Å². The van der Waals surface area contributed by atoms with Crippen molar-refractivity contribution in [1.82, 2.24) is 5.32 Å². The number of hydrogen-bond donors (Lipinski definition) is 2. The van der Waals surface area contributed by atoms with Crippen LogP contribution in [0.2, 0.25) is 0 Å². The monoisotopic (exact) mass is 223 g/mol. The van der Waals surface area contributed by atoms with E-state index in [2.05, 4.69) is 5.32 Å². The summed E-state index contributed by atoms with van der Waals surface area (Å²) in [7, 11) is 0. The van der Waals surface area contributed by atoms with Crippen LogP contribution in [0, 0.1) is 5.82 Å². The number of piperidine rings is 1. The smallest absolute Gasteiger partial charge is 0.335 e. The molecular formula is C12H14FNO2. The molecule has 0 saturated carbocycles. The molecule has 1 aliphatic heterocycles. The first-order valence-electron chi connectivity index (χ1n) is 5.41. The third kappa shape index (κ3) is 2.39. The summed E-state index contributed by atoms with van der Waals surface area (Å²) in [5, 5.41) is 12.1. The molecule has 2 rings (SSSR count). The second-order valence-electron chi connectivity index (χ2n) is 4.10. The molecular weight excluding hydrogens is 209 g/mol. The van der Waals surface area contributed by atoms with Gasteiger partial charge in [0.05, 0.1) is 5.56 Å². The number of rotatable bonds is 2. The summed E-state index contributed by atoms with van der Waals surface area (Å²) in [6, 6.07) is 4.09. The Hall–Kier alpha value is -1.42. The van der Waals surface area contributed by atoms with Crippen molar-refractivity contribution in [1.29, 1.82) is 0 Å². The molecule has 1 fully saturated rings. The van der Waals surface area contributed by atoms with Crippen LogP contribution in [0.4, 0.5) is 4.39 Å². The molecule has 0 atom stereocenters. The molecule has 0 unspecified atom stereocenters. The molecule has 1 heterocycles. The van der Waals surface area contributed by atoms with E-state index in [0.717, 1.165) is 37.6 Å². The molecule has 0 aliphatic carbocycles. The van der Waals surface area contributed by atoms with Crippen LogP contribution in [0.15, 0.2) is 18.2 Å². The zero-order valence-electron chi connectivity index (χ0n) is 8.87. The Morgan fingerprint density at radius 3 is 2.62 bits per heavy atom. The summed E-state index contributed by atoms with van der Waals surface area (Å²) in [4.78, 5) is 10.8. The van der Waals surface area contributed by atoms with Crippen LogP contribution in [0.3, 0.4) is 0 Å². The van der Waals surface area contributed by atoms with E-state index in [-0.39, 0.29) is 11.5 Å². The third-order valence-electron chi connectivity index (χ3n) is 2.98. The molecule has 0 spiro atoms. The Bertz CT molecular complexity index is 400. The zero-order chi connectivity index (χ0) is 11.5. The van der Waals surface area contributed by atoms with Crippen LogP contribution in [-0.4, -0.2) is 24.2 Å². The first-order valence-corrected chi connectivity index (χ1v) is 5.41. The van der Waals surface area contributed by atoms with Gasteiger partial charge in [0.1, 0.15) is 5.82 Å².